The molecule has 1 fully saturated rings. The number of fused-ring (bicyclic) bond motifs is 1. The molecule has 1 aliphatic rings. The molecule has 2 aromatic heterocycles. The number of aromatic nitrogens is 3. The molecular formula is C34H36BN4O4P. The Labute approximate surface area is 260 Å². The lowest BCUT2D eigenvalue weighted by atomic mass is 9.91. The Hall–Kier alpha value is -4.07. The number of hydrogen-bond donors (Lipinski definition) is 0. The van der Waals surface area contributed by atoms with E-state index in [-0.39, 0.29) is 12.5 Å². The first-order valence-corrected chi connectivity index (χ1v) is 16.4. The first-order chi connectivity index (χ1) is 21.2. The van der Waals surface area contributed by atoms with Gasteiger partial charge in [0.1, 0.15) is 31.0 Å². The molecule has 1 aliphatic heterocycles. The third-order valence-corrected chi connectivity index (χ3v) is 9.32. The zero-order valence-electron chi connectivity index (χ0n) is 25.6. The summed E-state index contributed by atoms with van der Waals surface area (Å²) in [7, 11) is 2.18. The SMILES string of the molecule is [B]c1cc(C)c(-n2cc(C)c3c(N4CCC(COP(=O)(Oc5ccccc5)Oc5ccccc5)CC4)nc(C)nc32)c(C)c1. The molecule has 10 heteroatoms. The van der Waals surface area contributed by atoms with E-state index in [1.54, 1.807) is 24.3 Å². The molecule has 1 saturated heterocycles. The van der Waals surface area contributed by atoms with Crippen LogP contribution in [0.15, 0.2) is 79.0 Å². The predicted molar refractivity (Wildman–Crippen MR) is 176 cm³/mol. The molecule has 0 N–H and O–H groups in total. The van der Waals surface area contributed by atoms with E-state index in [2.05, 4.69) is 36.4 Å². The minimum atomic E-state index is -3.93. The quantitative estimate of drug-likeness (QED) is 0.133. The van der Waals surface area contributed by atoms with Crippen molar-refractivity contribution in [2.75, 3.05) is 24.6 Å². The maximum atomic E-state index is 13.8. The lowest BCUT2D eigenvalue weighted by Crippen LogP contribution is -2.36. The summed E-state index contributed by atoms with van der Waals surface area (Å²) in [4.78, 5) is 12.1. The van der Waals surface area contributed by atoms with Crippen molar-refractivity contribution >= 4 is 38.0 Å². The van der Waals surface area contributed by atoms with Crippen LogP contribution in [0.1, 0.15) is 35.4 Å². The molecule has 2 radical (unpaired) electrons. The van der Waals surface area contributed by atoms with E-state index in [1.807, 2.05) is 55.5 Å². The van der Waals surface area contributed by atoms with Gasteiger partial charge in [0, 0.05) is 19.3 Å². The van der Waals surface area contributed by atoms with Crippen LogP contribution in [0, 0.1) is 33.6 Å². The topological polar surface area (TPSA) is 78.7 Å². The van der Waals surface area contributed by atoms with Gasteiger partial charge in [-0.2, -0.15) is 0 Å². The lowest BCUT2D eigenvalue weighted by Gasteiger charge is -2.33. The molecule has 0 amide bonds. The van der Waals surface area contributed by atoms with E-state index in [0.29, 0.717) is 11.5 Å². The third-order valence-electron chi connectivity index (χ3n) is 7.99. The van der Waals surface area contributed by atoms with Gasteiger partial charge in [0.25, 0.3) is 0 Å². The third kappa shape index (κ3) is 6.40. The number of piperidine rings is 1. The van der Waals surface area contributed by atoms with Gasteiger partial charge in [-0.3, -0.25) is 4.52 Å². The minimum absolute atomic E-state index is 0.183. The van der Waals surface area contributed by atoms with Crippen molar-refractivity contribution in [1.82, 2.24) is 14.5 Å². The van der Waals surface area contributed by atoms with E-state index >= 15 is 0 Å². The van der Waals surface area contributed by atoms with Crippen LogP contribution in [0.5, 0.6) is 11.5 Å². The number of rotatable bonds is 9. The van der Waals surface area contributed by atoms with Gasteiger partial charge in [-0.15, -0.1) is 0 Å². The van der Waals surface area contributed by atoms with Crippen LogP contribution >= 0.6 is 7.82 Å². The standard InChI is InChI=1S/C34H36BN4O4P/c1-23-19-28(35)20-24(2)32(23)39-21-25(3)31-33(36-26(4)37-34(31)39)38-17-15-27(16-18-38)22-41-44(40,42-29-11-7-5-8-12-29)43-30-13-9-6-10-14-30/h5-14,19-21,27H,15-18,22H2,1-4H3. The van der Waals surface area contributed by atoms with Crippen LogP contribution in [0.3, 0.4) is 0 Å². The second-order valence-corrected chi connectivity index (χ2v) is 13.0. The van der Waals surface area contributed by atoms with Crippen LogP contribution in [-0.2, 0) is 9.09 Å². The van der Waals surface area contributed by atoms with Crippen molar-refractivity contribution in [2.45, 2.75) is 40.5 Å². The van der Waals surface area contributed by atoms with Gasteiger partial charge in [0.15, 0.2) is 5.65 Å². The van der Waals surface area contributed by atoms with Gasteiger partial charge in [-0.25, -0.2) is 14.5 Å². The van der Waals surface area contributed by atoms with Gasteiger partial charge in [-0.1, -0.05) is 54.0 Å². The van der Waals surface area contributed by atoms with Crippen molar-refractivity contribution in [3.05, 3.63) is 102 Å². The van der Waals surface area contributed by atoms with Crippen molar-refractivity contribution in [2.24, 2.45) is 5.92 Å². The van der Waals surface area contributed by atoms with Crippen molar-refractivity contribution in [3.8, 4) is 17.2 Å². The summed E-state index contributed by atoms with van der Waals surface area (Å²) in [6.45, 7) is 10.0. The molecular weight excluding hydrogens is 570 g/mol. The highest BCUT2D eigenvalue weighted by Gasteiger charge is 2.33. The van der Waals surface area contributed by atoms with E-state index in [1.165, 1.54) is 0 Å². The van der Waals surface area contributed by atoms with E-state index < -0.39 is 7.82 Å². The van der Waals surface area contributed by atoms with Crippen LogP contribution < -0.4 is 19.4 Å². The summed E-state index contributed by atoms with van der Waals surface area (Å²) in [6.07, 6.45) is 3.83. The lowest BCUT2D eigenvalue weighted by molar-refractivity contribution is 0.165. The largest absolute Gasteiger partial charge is 0.587 e. The van der Waals surface area contributed by atoms with Crippen molar-refractivity contribution < 1.29 is 18.1 Å². The zero-order chi connectivity index (χ0) is 30.8. The number of anilines is 1. The summed E-state index contributed by atoms with van der Waals surface area (Å²) in [6, 6.07) is 21.9. The predicted octanol–water partition coefficient (Wildman–Crippen LogP) is 6.95. The van der Waals surface area contributed by atoms with Crippen LogP contribution in [-0.4, -0.2) is 42.1 Å². The minimum Gasteiger partial charge on any atom is -0.395 e. The van der Waals surface area contributed by atoms with Gasteiger partial charge < -0.3 is 18.5 Å². The Morgan fingerprint density at radius 1 is 0.841 bits per heavy atom. The van der Waals surface area contributed by atoms with Gasteiger partial charge in [0.05, 0.1) is 17.7 Å². The summed E-state index contributed by atoms with van der Waals surface area (Å²) in [5, 5.41) is 1.05. The van der Waals surface area contributed by atoms with E-state index in [0.717, 1.165) is 76.4 Å². The number of phosphoric acid groups is 1. The van der Waals surface area contributed by atoms with Crippen LogP contribution in [0.2, 0.25) is 0 Å². The molecule has 3 aromatic carbocycles. The zero-order valence-corrected chi connectivity index (χ0v) is 26.5. The number of hydrogen-bond acceptors (Lipinski definition) is 7. The fraction of sp³-hybridized carbons (Fsp3) is 0.294. The average molecular weight is 606 g/mol. The molecule has 0 unspecified atom stereocenters. The number of para-hydroxylation sites is 2. The van der Waals surface area contributed by atoms with Crippen molar-refractivity contribution in [1.29, 1.82) is 0 Å². The second-order valence-electron chi connectivity index (χ2n) is 11.5. The highest BCUT2D eigenvalue weighted by Crippen LogP contribution is 2.50. The fourth-order valence-corrected chi connectivity index (χ4v) is 7.25. The Morgan fingerprint density at radius 3 is 1.98 bits per heavy atom. The number of benzene rings is 3. The van der Waals surface area contributed by atoms with Gasteiger partial charge in [-0.05, 0) is 87.4 Å². The average Bonchev–Trinajstić information content (AvgIpc) is 3.31. The van der Waals surface area contributed by atoms with E-state index in [4.69, 9.17) is 31.4 Å². The highest BCUT2D eigenvalue weighted by atomic mass is 31.2. The Bertz CT molecular complexity index is 1750. The number of aryl methyl sites for hydroxylation is 4. The first kappa shape index (κ1) is 30.0. The monoisotopic (exact) mass is 606 g/mol. The van der Waals surface area contributed by atoms with Crippen LogP contribution in [0.25, 0.3) is 16.7 Å². The molecule has 44 heavy (non-hydrogen) atoms. The molecule has 3 heterocycles. The highest BCUT2D eigenvalue weighted by molar-refractivity contribution is 7.49. The summed E-state index contributed by atoms with van der Waals surface area (Å²) in [5.41, 5.74) is 6.06. The summed E-state index contributed by atoms with van der Waals surface area (Å²) in [5.74, 6) is 2.70. The molecule has 0 saturated carbocycles. The smallest absolute Gasteiger partial charge is 0.395 e. The van der Waals surface area contributed by atoms with Crippen molar-refractivity contribution in [3.63, 3.8) is 0 Å². The summed E-state index contributed by atoms with van der Waals surface area (Å²) >= 11 is 0. The van der Waals surface area contributed by atoms with Gasteiger partial charge >= 0.3 is 7.82 Å². The Balaban J connectivity index is 1.19. The molecule has 0 spiro atoms. The first-order valence-electron chi connectivity index (χ1n) is 14.9. The van der Waals surface area contributed by atoms with Crippen LogP contribution in [0.4, 0.5) is 5.82 Å². The molecule has 8 nitrogen and oxygen atoms in total. The molecule has 6 rings (SSSR count). The summed E-state index contributed by atoms with van der Waals surface area (Å²) < 4.78 is 33.5. The fourth-order valence-electron chi connectivity index (χ4n) is 5.96. The maximum Gasteiger partial charge on any atom is 0.587 e. The molecule has 5 aromatic rings. The second kappa shape index (κ2) is 12.5. The van der Waals surface area contributed by atoms with Gasteiger partial charge in [0.2, 0.25) is 0 Å². The Kier molecular flexibility index (Phi) is 8.52. The molecule has 0 bridgehead atoms. The van der Waals surface area contributed by atoms with E-state index in [9.17, 15) is 4.57 Å². The Morgan fingerprint density at radius 2 is 1.41 bits per heavy atom. The molecule has 0 aliphatic carbocycles. The number of phosphoric ester groups is 1. The number of nitrogens with zero attached hydrogens (tertiary/aromatic N) is 4. The normalized spacial score (nSPS) is 14.2. The molecule has 224 valence electrons. The maximum absolute atomic E-state index is 13.8. The molecule has 0 atom stereocenters.